The number of rotatable bonds is 6. The predicted octanol–water partition coefficient (Wildman–Crippen LogP) is 5.38. The fourth-order valence-electron chi connectivity index (χ4n) is 3.43. The average molecular weight is 415 g/mol. The first-order chi connectivity index (χ1) is 15.0. The maximum atomic E-state index is 15.1. The third-order valence-corrected chi connectivity index (χ3v) is 4.80. The smallest absolute Gasteiger partial charge is 0.222 e. The van der Waals surface area contributed by atoms with Crippen molar-refractivity contribution in [1.82, 2.24) is 19.9 Å². The van der Waals surface area contributed by atoms with E-state index >= 15 is 4.39 Å². The molecule has 0 aliphatic rings. The molecule has 0 bridgehead atoms. The second-order valence-corrected chi connectivity index (χ2v) is 7.11. The second kappa shape index (κ2) is 8.87. The minimum absolute atomic E-state index is 0.288. The van der Waals surface area contributed by atoms with Crippen LogP contribution in [-0.2, 0) is 6.42 Å². The van der Waals surface area contributed by atoms with Crippen LogP contribution in [0.3, 0.4) is 0 Å². The van der Waals surface area contributed by atoms with Crippen molar-refractivity contribution in [3.05, 3.63) is 78.3 Å². The first kappa shape index (κ1) is 20.4. The molecule has 0 aliphatic carbocycles. The molecule has 0 fully saturated rings. The summed E-state index contributed by atoms with van der Waals surface area (Å²) in [4.78, 5) is 16.6. The number of ether oxygens (including phenoxy) is 1. The van der Waals surface area contributed by atoms with E-state index in [4.69, 9.17) is 10.5 Å². The fourth-order valence-corrected chi connectivity index (χ4v) is 3.43. The molecule has 156 valence electrons. The van der Waals surface area contributed by atoms with Gasteiger partial charge >= 0.3 is 0 Å². The maximum absolute atomic E-state index is 15.1. The van der Waals surface area contributed by atoms with Crippen LogP contribution in [0, 0.1) is 12.7 Å². The van der Waals surface area contributed by atoms with Gasteiger partial charge in [0.15, 0.2) is 0 Å². The molecule has 2 N–H and O–H groups in total. The number of nitrogen functional groups attached to an aromatic ring is 1. The molecule has 2 heterocycles. The van der Waals surface area contributed by atoms with E-state index in [0.717, 1.165) is 29.5 Å². The van der Waals surface area contributed by atoms with E-state index in [1.807, 2.05) is 24.3 Å². The maximum Gasteiger partial charge on any atom is 0.222 e. The van der Waals surface area contributed by atoms with Crippen molar-refractivity contribution in [1.29, 1.82) is 0 Å². The highest BCUT2D eigenvalue weighted by Gasteiger charge is 2.16. The van der Waals surface area contributed by atoms with Crippen LogP contribution in [0.5, 0.6) is 11.6 Å². The molecule has 7 heteroatoms. The molecule has 2 aromatic heterocycles. The van der Waals surface area contributed by atoms with Crippen molar-refractivity contribution >= 4 is 5.82 Å². The van der Waals surface area contributed by atoms with Gasteiger partial charge in [-0.05, 0) is 42.7 Å². The van der Waals surface area contributed by atoms with Gasteiger partial charge in [-0.2, -0.15) is 4.98 Å². The number of aromatic nitrogens is 4. The Morgan fingerprint density at radius 2 is 1.90 bits per heavy atom. The van der Waals surface area contributed by atoms with Crippen molar-refractivity contribution in [2.45, 2.75) is 26.7 Å². The number of nitrogens with two attached hydrogens (primary N) is 1. The molecule has 0 saturated carbocycles. The highest BCUT2D eigenvalue weighted by Crippen LogP contribution is 2.38. The van der Waals surface area contributed by atoms with Crippen LogP contribution in [0.2, 0.25) is 0 Å². The van der Waals surface area contributed by atoms with E-state index in [1.54, 1.807) is 25.3 Å². The molecule has 0 radical (unpaired) electrons. The number of nitrogens with zero attached hydrogens (tertiary/aromatic N) is 4. The highest BCUT2D eigenvalue weighted by molar-refractivity contribution is 5.77. The molecule has 0 amide bonds. The molecule has 0 spiro atoms. The second-order valence-electron chi connectivity index (χ2n) is 7.11. The molecule has 0 unspecified atom stereocenters. The first-order valence-corrected chi connectivity index (χ1v) is 10.0. The zero-order chi connectivity index (χ0) is 21.8. The van der Waals surface area contributed by atoms with Crippen molar-refractivity contribution < 1.29 is 9.13 Å². The molecule has 4 aromatic rings. The summed E-state index contributed by atoms with van der Waals surface area (Å²) in [6.45, 7) is 3.91. The summed E-state index contributed by atoms with van der Waals surface area (Å²) in [7, 11) is 0. The monoisotopic (exact) mass is 415 g/mol. The van der Waals surface area contributed by atoms with Gasteiger partial charge in [-0.25, -0.2) is 14.4 Å². The minimum atomic E-state index is -0.397. The molecule has 4 rings (SSSR count). The van der Waals surface area contributed by atoms with Crippen molar-refractivity contribution in [2.75, 3.05) is 5.73 Å². The van der Waals surface area contributed by atoms with Crippen LogP contribution in [0.4, 0.5) is 10.2 Å². The Morgan fingerprint density at radius 1 is 1.03 bits per heavy atom. The van der Waals surface area contributed by atoms with Gasteiger partial charge in [0, 0.05) is 23.4 Å². The lowest BCUT2D eigenvalue weighted by molar-refractivity contribution is 0.461. The Kier molecular flexibility index (Phi) is 5.84. The Morgan fingerprint density at radius 3 is 2.61 bits per heavy atom. The summed E-state index contributed by atoms with van der Waals surface area (Å²) in [6, 6.07) is 12.6. The molecule has 0 atom stereocenters. The zero-order valence-corrected chi connectivity index (χ0v) is 17.3. The van der Waals surface area contributed by atoms with E-state index < -0.39 is 5.82 Å². The van der Waals surface area contributed by atoms with Crippen LogP contribution in [0.1, 0.15) is 24.7 Å². The van der Waals surface area contributed by atoms with E-state index in [-0.39, 0.29) is 5.82 Å². The number of anilines is 1. The summed E-state index contributed by atoms with van der Waals surface area (Å²) in [6.07, 6.45) is 6.31. The zero-order valence-electron chi connectivity index (χ0n) is 17.3. The third-order valence-electron chi connectivity index (χ3n) is 4.80. The van der Waals surface area contributed by atoms with Gasteiger partial charge in [-0.1, -0.05) is 31.5 Å². The normalized spacial score (nSPS) is 10.8. The van der Waals surface area contributed by atoms with E-state index in [2.05, 4.69) is 26.9 Å². The van der Waals surface area contributed by atoms with Crippen LogP contribution in [-0.4, -0.2) is 19.9 Å². The third kappa shape index (κ3) is 4.50. The molecule has 2 aromatic carbocycles. The van der Waals surface area contributed by atoms with Gasteiger partial charge in [0.05, 0.1) is 18.1 Å². The van der Waals surface area contributed by atoms with Gasteiger partial charge in [-0.3, -0.25) is 4.98 Å². The summed E-state index contributed by atoms with van der Waals surface area (Å²) in [5.74, 6) is 1.56. The Labute approximate surface area is 180 Å². The Balaban J connectivity index is 1.78. The molecule has 0 aliphatic heterocycles. The SMILES string of the molecule is CCCc1cccc(Oc2ccnc(C)n2)c1-c1ccc(-c2cnc(N)cn2)c(F)c1. The topological polar surface area (TPSA) is 86.8 Å². The molecular weight excluding hydrogens is 393 g/mol. The van der Waals surface area contributed by atoms with Gasteiger partial charge in [-0.15, -0.1) is 0 Å². The van der Waals surface area contributed by atoms with Crippen LogP contribution in [0.25, 0.3) is 22.4 Å². The van der Waals surface area contributed by atoms with Crippen LogP contribution >= 0.6 is 0 Å². The van der Waals surface area contributed by atoms with Gasteiger partial charge in [0.25, 0.3) is 0 Å². The first-order valence-electron chi connectivity index (χ1n) is 10.0. The Hall–Kier alpha value is -3.87. The molecule has 31 heavy (non-hydrogen) atoms. The minimum Gasteiger partial charge on any atom is -0.438 e. The lowest BCUT2D eigenvalue weighted by atomic mass is 9.94. The quantitative estimate of drug-likeness (QED) is 0.455. The summed E-state index contributed by atoms with van der Waals surface area (Å²) in [5, 5.41) is 0. The van der Waals surface area contributed by atoms with E-state index in [9.17, 15) is 0 Å². The number of hydrogen-bond donors (Lipinski definition) is 1. The van der Waals surface area contributed by atoms with Crippen LogP contribution < -0.4 is 10.5 Å². The standard InChI is InChI=1S/C24H22FN5O/c1-3-5-16-6-4-7-21(31-23-10-11-27-15(2)30-23)24(16)17-8-9-18(19(25)12-17)20-13-29-22(26)14-28-20/h4,6-14H,3,5H2,1-2H3,(H2,26,29). The summed E-state index contributed by atoms with van der Waals surface area (Å²) in [5.41, 5.74) is 9.00. The molecule has 0 saturated heterocycles. The molecular formula is C24H22FN5O. The average Bonchev–Trinajstić information content (AvgIpc) is 2.75. The number of aryl methyl sites for hydroxylation is 2. The predicted molar refractivity (Wildman–Crippen MR) is 118 cm³/mol. The van der Waals surface area contributed by atoms with Crippen LogP contribution in [0.15, 0.2) is 61.1 Å². The fraction of sp³-hybridized carbons (Fsp3) is 0.167. The molecule has 6 nitrogen and oxygen atoms in total. The van der Waals surface area contributed by atoms with E-state index in [1.165, 1.54) is 18.5 Å². The highest BCUT2D eigenvalue weighted by atomic mass is 19.1. The van der Waals surface area contributed by atoms with Crippen molar-refractivity contribution in [2.24, 2.45) is 0 Å². The van der Waals surface area contributed by atoms with Gasteiger partial charge in [0.1, 0.15) is 23.2 Å². The Bertz CT molecular complexity index is 1210. The lowest BCUT2D eigenvalue weighted by Gasteiger charge is -2.16. The summed E-state index contributed by atoms with van der Waals surface area (Å²) >= 11 is 0. The number of benzene rings is 2. The largest absolute Gasteiger partial charge is 0.438 e. The number of halogens is 1. The van der Waals surface area contributed by atoms with Crippen molar-refractivity contribution in [3.63, 3.8) is 0 Å². The van der Waals surface area contributed by atoms with Gasteiger partial charge < -0.3 is 10.5 Å². The van der Waals surface area contributed by atoms with Crippen molar-refractivity contribution in [3.8, 4) is 34.0 Å². The van der Waals surface area contributed by atoms with E-state index in [0.29, 0.717) is 28.7 Å². The van der Waals surface area contributed by atoms with Gasteiger partial charge in [0.2, 0.25) is 5.88 Å². The lowest BCUT2D eigenvalue weighted by Crippen LogP contribution is -1.98. The summed E-state index contributed by atoms with van der Waals surface area (Å²) < 4.78 is 21.2. The number of hydrogen-bond acceptors (Lipinski definition) is 6.